The summed E-state index contributed by atoms with van der Waals surface area (Å²) in [6, 6.07) is 10.3. The van der Waals surface area contributed by atoms with Gasteiger partial charge in [-0.3, -0.25) is 4.79 Å². The minimum Gasteiger partial charge on any atom is -0.373 e. The third kappa shape index (κ3) is 5.65. The van der Waals surface area contributed by atoms with Crippen LogP contribution in [0.2, 0.25) is 10.0 Å². The van der Waals surface area contributed by atoms with Crippen molar-refractivity contribution in [2.24, 2.45) is 5.16 Å². The lowest BCUT2D eigenvalue weighted by Crippen LogP contribution is -2.37. The maximum absolute atomic E-state index is 14.8. The van der Waals surface area contributed by atoms with Gasteiger partial charge in [-0.15, -0.1) is 0 Å². The molecule has 0 atom stereocenters. The zero-order valence-corrected chi connectivity index (χ0v) is 22.3. The van der Waals surface area contributed by atoms with Crippen LogP contribution in [0.3, 0.4) is 0 Å². The number of amidine groups is 1. The van der Waals surface area contributed by atoms with Crippen molar-refractivity contribution in [1.29, 1.82) is 0 Å². The summed E-state index contributed by atoms with van der Waals surface area (Å²) in [5.74, 6) is 0.876. The van der Waals surface area contributed by atoms with Crippen LogP contribution in [0.15, 0.2) is 46.1 Å². The quantitative estimate of drug-likeness (QED) is 0.114. The van der Waals surface area contributed by atoms with Crippen molar-refractivity contribution >= 4 is 41.2 Å². The Morgan fingerprint density at radius 3 is 2.58 bits per heavy atom. The zero-order chi connectivity index (χ0) is 26.6. The molecule has 5 rings (SSSR count). The number of benzene rings is 2. The standard InChI is InChI=1S/C27H27Cl2FN4O4/c1-31-27(33-37-15-35)19-8-7-17(13-23(19)30)34-11-9-18(10-12-34)36-14-20-25(32-38-26(20)16-5-6-16)24-21(28)3-2-4-22(24)29/h2-4,7-8,13,15-16,18H,5-6,9-12,14H2,1H3,(H,31,33). The highest BCUT2D eigenvalue weighted by molar-refractivity contribution is 6.39. The number of ether oxygens (including phenoxy) is 1. The van der Waals surface area contributed by atoms with E-state index in [0.717, 1.165) is 42.7 Å². The second kappa shape index (κ2) is 11.7. The van der Waals surface area contributed by atoms with Crippen molar-refractivity contribution in [3.63, 3.8) is 0 Å². The van der Waals surface area contributed by atoms with Crippen LogP contribution in [0.1, 0.15) is 48.5 Å². The molecule has 0 unspecified atom stereocenters. The number of nitrogens with one attached hydrogen (secondary N) is 1. The lowest BCUT2D eigenvalue weighted by atomic mass is 10.0. The molecule has 0 spiro atoms. The molecule has 2 fully saturated rings. The molecule has 200 valence electrons. The van der Waals surface area contributed by atoms with Gasteiger partial charge in [-0.25, -0.2) is 4.39 Å². The Balaban J connectivity index is 1.24. The number of halogens is 3. The number of anilines is 1. The predicted molar refractivity (Wildman–Crippen MR) is 143 cm³/mol. The number of hydrogen-bond donors (Lipinski definition) is 1. The van der Waals surface area contributed by atoms with Crippen LogP contribution in [0.5, 0.6) is 0 Å². The van der Waals surface area contributed by atoms with E-state index in [9.17, 15) is 9.18 Å². The summed E-state index contributed by atoms with van der Waals surface area (Å²) in [4.78, 5) is 16.9. The van der Waals surface area contributed by atoms with Crippen LogP contribution < -0.4 is 10.2 Å². The van der Waals surface area contributed by atoms with Gasteiger partial charge in [-0.05, 0) is 56.0 Å². The smallest absolute Gasteiger partial charge is 0.323 e. The predicted octanol–water partition coefficient (Wildman–Crippen LogP) is 5.90. The van der Waals surface area contributed by atoms with Crippen LogP contribution in [0.4, 0.5) is 10.1 Å². The fraction of sp³-hybridized carbons (Fsp3) is 0.370. The van der Waals surface area contributed by atoms with Gasteiger partial charge in [0.05, 0.1) is 28.3 Å². The molecule has 1 aliphatic heterocycles. The Morgan fingerprint density at radius 2 is 1.95 bits per heavy atom. The van der Waals surface area contributed by atoms with Crippen LogP contribution in [-0.4, -0.2) is 43.7 Å². The molecule has 1 aromatic heterocycles. The first kappa shape index (κ1) is 26.5. The number of rotatable bonds is 9. The van der Waals surface area contributed by atoms with Crippen LogP contribution in [-0.2, 0) is 21.0 Å². The van der Waals surface area contributed by atoms with Gasteiger partial charge in [-0.1, -0.05) is 39.6 Å². The number of carbonyl (C=O) groups is 1. The summed E-state index contributed by atoms with van der Waals surface area (Å²) in [6.45, 7) is 1.97. The Morgan fingerprint density at radius 1 is 1.21 bits per heavy atom. The van der Waals surface area contributed by atoms with Gasteiger partial charge in [0, 0.05) is 42.9 Å². The lowest BCUT2D eigenvalue weighted by molar-refractivity contribution is -0.128. The van der Waals surface area contributed by atoms with Crippen LogP contribution in [0.25, 0.3) is 11.3 Å². The number of oxime groups is 1. The first-order valence-electron chi connectivity index (χ1n) is 12.4. The summed E-state index contributed by atoms with van der Waals surface area (Å²) in [5, 5.41) is 11.7. The molecule has 1 saturated carbocycles. The van der Waals surface area contributed by atoms with E-state index in [4.69, 9.17) is 32.5 Å². The molecule has 1 N–H and O–H groups in total. The monoisotopic (exact) mass is 560 g/mol. The first-order chi connectivity index (χ1) is 18.5. The lowest BCUT2D eigenvalue weighted by Gasteiger charge is -2.33. The fourth-order valence-electron chi connectivity index (χ4n) is 4.73. The van der Waals surface area contributed by atoms with Gasteiger partial charge in [0.1, 0.15) is 17.3 Å². The van der Waals surface area contributed by atoms with Gasteiger partial charge in [0.2, 0.25) is 0 Å². The molecule has 2 aromatic carbocycles. The van der Waals surface area contributed by atoms with Crippen molar-refractivity contribution in [1.82, 2.24) is 10.5 Å². The zero-order valence-electron chi connectivity index (χ0n) is 20.8. The first-order valence-corrected chi connectivity index (χ1v) is 13.2. The molecule has 11 heteroatoms. The Bertz CT molecular complexity index is 1320. The molecule has 8 nitrogen and oxygen atoms in total. The highest BCUT2D eigenvalue weighted by Crippen LogP contribution is 2.46. The Labute approximate surface area is 229 Å². The van der Waals surface area contributed by atoms with E-state index in [2.05, 4.69) is 25.4 Å². The Hall–Kier alpha value is -3.14. The molecule has 38 heavy (non-hydrogen) atoms. The van der Waals surface area contributed by atoms with E-state index in [1.807, 2.05) is 6.07 Å². The maximum Gasteiger partial charge on any atom is 0.323 e. The molecule has 3 aromatic rings. The van der Waals surface area contributed by atoms with Crippen LogP contribution in [0, 0.1) is 5.82 Å². The van der Waals surface area contributed by atoms with Crippen molar-refractivity contribution in [2.75, 3.05) is 25.0 Å². The Kier molecular flexibility index (Phi) is 8.16. The topological polar surface area (TPSA) is 89.2 Å². The van der Waals surface area contributed by atoms with E-state index in [0.29, 0.717) is 46.9 Å². The normalized spacial score (nSPS) is 16.5. The summed E-state index contributed by atoms with van der Waals surface area (Å²) in [7, 11) is 1.57. The highest BCUT2D eigenvalue weighted by Gasteiger charge is 2.34. The molecule has 0 amide bonds. The van der Waals surface area contributed by atoms with Crippen LogP contribution >= 0.6 is 23.2 Å². The minimum atomic E-state index is -0.464. The largest absolute Gasteiger partial charge is 0.373 e. The van der Waals surface area contributed by atoms with E-state index < -0.39 is 5.82 Å². The van der Waals surface area contributed by atoms with Gasteiger partial charge >= 0.3 is 6.47 Å². The average Bonchev–Trinajstić information content (AvgIpc) is 3.69. The van der Waals surface area contributed by atoms with Gasteiger partial charge in [-0.2, -0.15) is 0 Å². The average molecular weight is 561 g/mol. The molecule has 0 radical (unpaired) electrons. The molecule has 1 aliphatic carbocycles. The second-order valence-electron chi connectivity index (χ2n) is 9.30. The molecule has 2 heterocycles. The molecule has 1 saturated heterocycles. The number of hydrogen-bond acceptors (Lipinski definition) is 7. The molecule has 0 bridgehead atoms. The van der Waals surface area contributed by atoms with E-state index in [-0.39, 0.29) is 24.0 Å². The summed E-state index contributed by atoms with van der Waals surface area (Å²) in [5.41, 5.74) is 3.18. The highest BCUT2D eigenvalue weighted by atomic mass is 35.5. The number of piperidine rings is 1. The second-order valence-corrected chi connectivity index (χ2v) is 10.1. The minimum absolute atomic E-state index is 0.0374. The van der Waals surface area contributed by atoms with Gasteiger partial charge in [0.25, 0.3) is 0 Å². The van der Waals surface area contributed by atoms with Gasteiger partial charge < -0.3 is 24.3 Å². The summed E-state index contributed by atoms with van der Waals surface area (Å²) >= 11 is 12.9. The molecular formula is C27H27Cl2FN4O4. The SMILES string of the molecule is CN/C(=N\OC=O)c1ccc(N2CCC(OCc3c(-c4c(Cl)cccc4Cl)noc3C3CC3)CC2)cc1F. The van der Waals surface area contributed by atoms with E-state index in [1.54, 1.807) is 31.3 Å². The summed E-state index contributed by atoms with van der Waals surface area (Å²) in [6.07, 6.45) is 3.74. The number of carbonyl (C=O) groups excluding carboxylic acids is 1. The third-order valence-electron chi connectivity index (χ3n) is 6.87. The van der Waals surface area contributed by atoms with Crippen molar-refractivity contribution < 1.29 is 23.3 Å². The fourth-order valence-corrected chi connectivity index (χ4v) is 5.30. The van der Waals surface area contributed by atoms with Crippen molar-refractivity contribution in [3.8, 4) is 11.3 Å². The number of aromatic nitrogens is 1. The van der Waals surface area contributed by atoms with Gasteiger partial charge in [0.15, 0.2) is 5.84 Å². The maximum atomic E-state index is 14.8. The molecule has 2 aliphatic rings. The van der Waals surface area contributed by atoms with Crippen molar-refractivity contribution in [3.05, 3.63) is 69.1 Å². The number of nitrogens with zero attached hydrogens (tertiary/aromatic N) is 3. The van der Waals surface area contributed by atoms with Crippen molar-refractivity contribution in [2.45, 2.75) is 44.3 Å². The van der Waals surface area contributed by atoms with E-state index >= 15 is 0 Å². The summed E-state index contributed by atoms with van der Waals surface area (Å²) < 4.78 is 26.9. The third-order valence-corrected chi connectivity index (χ3v) is 7.50. The molecular weight excluding hydrogens is 534 g/mol. The van der Waals surface area contributed by atoms with E-state index in [1.165, 1.54) is 6.07 Å².